The maximum absolute atomic E-state index is 12.8. The number of nitro benzene ring substituents is 1. The molecule has 0 spiro atoms. The van der Waals surface area contributed by atoms with Crippen LogP contribution in [0, 0.1) is 10.1 Å². The van der Waals surface area contributed by atoms with E-state index in [1.165, 1.54) is 42.7 Å². The van der Waals surface area contributed by atoms with E-state index >= 15 is 0 Å². The van der Waals surface area contributed by atoms with Gasteiger partial charge >= 0.3 is 0 Å². The van der Waals surface area contributed by atoms with Gasteiger partial charge in [-0.05, 0) is 35.4 Å². The molecule has 162 valence electrons. The van der Waals surface area contributed by atoms with Gasteiger partial charge in [0.15, 0.2) is 11.5 Å². The third-order valence-corrected chi connectivity index (χ3v) is 6.44. The van der Waals surface area contributed by atoms with Gasteiger partial charge in [-0.1, -0.05) is 36.4 Å². The largest absolute Gasteiger partial charge is 0.493 e. The van der Waals surface area contributed by atoms with Gasteiger partial charge in [-0.2, -0.15) is 4.31 Å². The van der Waals surface area contributed by atoms with Crippen molar-refractivity contribution in [2.75, 3.05) is 14.2 Å². The monoisotopic (exact) mass is 442 g/mol. The van der Waals surface area contributed by atoms with Crippen molar-refractivity contribution in [3.8, 4) is 11.5 Å². The molecule has 0 aliphatic rings. The number of methoxy groups -OCH3 is 1. The highest BCUT2D eigenvalue weighted by Crippen LogP contribution is 2.30. The molecule has 3 aromatic rings. The van der Waals surface area contributed by atoms with Crippen molar-refractivity contribution < 1.29 is 22.8 Å². The summed E-state index contributed by atoms with van der Waals surface area (Å²) in [4.78, 5) is 10.2. The molecule has 0 aliphatic carbocycles. The second kappa shape index (κ2) is 9.59. The van der Waals surface area contributed by atoms with E-state index < -0.39 is 14.9 Å². The molecule has 8 nitrogen and oxygen atoms in total. The predicted octanol–water partition coefficient (Wildman–Crippen LogP) is 4.00. The van der Waals surface area contributed by atoms with E-state index in [9.17, 15) is 18.5 Å². The molecule has 0 aromatic heterocycles. The van der Waals surface area contributed by atoms with Gasteiger partial charge in [0, 0.05) is 25.7 Å². The van der Waals surface area contributed by atoms with Crippen molar-refractivity contribution in [2.24, 2.45) is 0 Å². The Bertz CT molecular complexity index is 1150. The molecular weight excluding hydrogens is 420 g/mol. The van der Waals surface area contributed by atoms with Crippen molar-refractivity contribution in [3.05, 3.63) is 94.0 Å². The van der Waals surface area contributed by atoms with Crippen molar-refractivity contribution >= 4 is 15.7 Å². The summed E-state index contributed by atoms with van der Waals surface area (Å²) in [5, 5.41) is 10.8. The van der Waals surface area contributed by atoms with E-state index in [4.69, 9.17) is 9.47 Å². The van der Waals surface area contributed by atoms with Crippen LogP contribution in [0.2, 0.25) is 0 Å². The van der Waals surface area contributed by atoms with Gasteiger partial charge < -0.3 is 9.47 Å². The minimum absolute atomic E-state index is 0.0182. The van der Waals surface area contributed by atoms with Crippen LogP contribution in [-0.2, 0) is 23.2 Å². The molecule has 0 amide bonds. The van der Waals surface area contributed by atoms with Crippen LogP contribution in [-0.4, -0.2) is 31.8 Å². The summed E-state index contributed by atoms with van der Waals surface area (Å²) in [5.41, 5.74) is 1.55. The average molecular weight is 442 g/mol. The number of nitro groups is 1. The van der Waals surface area contributed by atoms with Gasteiger partial charge in [-0.15, -0.1) is 0 Å². The maximum Gasteiger partial charge on any atom is 0.269 e. The topological polar surface area (TPSA) is 99.0 Å². The lowest BCUT2D eigenvalue weighted by molar-refractivity contribution is -0.384. The summed E-state index contributed by atoms with van der Waals surface area (Å²) in [5.74, 6) is 1.05. The van der Waals surface area contributed by atoms with Crippen LogP contribution < -0.4 is 9.47 Å². The zero-order valence-electron chi connectivity index (χ0n) is 17.1. The lowest BCUT2D eigenvalue weighted by atomic mass is 10.2. The second-order valence-electron chi connectivity index (χ2n) is 6.77. The molecule has 0 radical (unpaired) electrons. The summed E-state index contributed by atoms with van der Waals surface area (Å²) in [6, 6.07) is 19.7. The number of hydrogen-bond acceptors (Lipinski definition) is 6. The Morgan fingerprint density at radius 1 is 0.935 bits per heavy atom. The first kappa shape index (κ1) is 22.3. The highest BCUT2D eigenvalue weighted by molar-refractivity contribution is 7.89. The minimum Gasteiger partial charge on any atom is -0.493 e. The highest BCUT2D eigenvalue weighted by atomic mass is 32.2. The van der Waals surface area contributed by atoms with Crippen LogP contribution in [0.3, 0.4) is 0 Å². The number of rotatable bonds is 9. The SMILES string of the molecule is COc1cc(CN(C)S(=O)(=O)c2ccc([N+](=O)[O-])cc2)ccc1OCc1ccccc1. The van der Waals surface area contributed by atoms with Crippen LogP contribution >= 0.6 is 0 Å². The molecule has 0 N–H and O–H groups in total. The quantitative estimate of drug-likeness (QED) is 0.367. The maximum atomic E-state index is 12.8. The van der Waals surface area contributed by atoms with Gasteiger partial charge in [0.25, 0.3) is 5.69 Å². The standard InChI is InChI=1S/C22H22N2O6S/c1-23(31(27,28)20-11-9-19(10-12-20)24(25)26)15-18-8-13-21(22(14-18)29-2)30-16-17-6-4-3-5-7-17/h3-14H,15-16H2,1-2H3. The minimum atomic E-state index is -3.82. The molecule has 9 heteroatoms. The molecule has 0 bridgehead atoms. The third-order valence-electron chi connectivity index (χ3n) is 4.63. The number of nitrogens with zero attached hydrogens (tertiary/aromatic N) is 2. The average Bonchev–Trinajstić information content (AvgIpc) is 2.78. The Kier molecular flexibility index (Phi) is 6.88. The zero-order valence-corrected chi connectivity index (χ0v) is 17.9. The summed E-state index contributed by atoms with van der Waals surface area (Å²) in [6.45, 7) is 0.472. The molecule has 0 saturated carbocycles. The Balaban J connectivity index is 1.73. The van der Waals surface area contributed by atoms with Crippen molar-refractivity contribution in [3.63, 3.8) is 0 Å². The van der Waals surface area contributed by atoms with Gasteiger partial charge in [-0.3, -0.25) is 10.1 Å². The molecule has 0 aliphatic heterocycles. The van der Waals surface area contributed by atoms with Crippen LogP contribution in [0.15, 0.2) is 77.7 Å². The Hall–Kier alpha value is -3.43. The Morgan fingerprint density at radius 2 is 1.61 bits per heavy atom. The van der Waals surface area contributed by atoms with Crippen LogP contribution in [0.4, 0.5) is 5.69 Å². The summed E-state index contributed by atoms with van der Waals surface area (Å²) >= 11 is 0. The van der Waals surface area contributed by atoms with Crippen molar-refractivity contribution in [1.29, 1.82) is 0 Å². The molecule has 3 rings (SSSR count). The fourth-order valence-electron chi connectivity index (χ4n) is 2.93. The predicted molar refractivity (Wildman–Crippen MR) is 116 cm³/mol. The first-order valence-corrected chi connectivity index (χ1v) is 10.8. The van der Waals surface area contributed by atoms with Crippen LogP contribution in [0.5, 0.6) is 11.5 Å². The smallest absolute Gasteiger partial charge is 0.269 e. The first-order valence-electron chi connectivity index (χ1n) is 9.35. The van der Waals surface area contributed by atoms with Gasteiger partial charge in [0.05, 0.1) is 16.9 Å². The van der Waals surface area contributed by atoms with Crippen molar-refractivity contribution in [2.45, 2.75) is 18.0 Å². The van der Waals surface area contributed by atoms with Gasteiger partial charge in [0.2, 0.25) is 10.0 Å². The number of hydrogen-bond donors (Lipinski definition) is 0. The molecule has 0 heterocycles. The molecule has 31 heavy (non-hydrogen) atoms. The zero-order chi connectivity index (χ0) is 22.4. The summed E-state index contributed by atoms with van der Waals surface area (Å²) < 4.78 is 38.0. The van der Waals surface area contributed by atoms with Crippen LogP contribution in [0.25, 0.3) is 0 Å². The molecular formula is C22H22N2O6S. The summed E-state index contributed by atoms with van der Waals surface area (Å²) in [7, 11) is -0.850. The molecule has 0 saturated heterocycles. The van der Waals surface area contributed by atoms with E-state index in [2.05, 4.69) is 0 Å². The lowest BCUT2D eigenvalue weighted by Gasteiger charge is -2.18. The van der Waals surface area contributed by atoms with Crippen molar-refractivity contribution in [1.82, 2.24) is 4.31 Å². The normalized spacial score (nSPS) is 11.3. The third kappa shape index (κ3) is 5.39. The van der Waals surface area contributed by atoms with Crippen LogP contribution in [0.1, 0.15) is 11.1 Å². The van der Waals surface area contributed by atoms with Gasteiger partial charge in [0.1, 0.15) is 6.61 Å². The first-order chi connectivity index (χ1) is 14.8. The molecule has 3 aromatic carbocycles. The number of benzene rings is 3. The van der Waals surface area contributed by atoms with Gasteiger partial charge in [-0.25, -0.2) is 8.42 Å². The number of sulfonamides is 1. The number of ether oxygens (including phenoxy) is 2. The Labute approximate surface area is 180 Å². The molecule has 0 unspecified atom stereocenters. The number of non-ortho nitro benzene ring substituents is 1. The molecule has 0 fully saturated rings. The van der Waals surface area contributed by atoms with E-state index in [-0.39, 0.29) is 17.1 Å². The van der Waals surface area contributed by atoms with E-state index in [0.29, 0.717) is 23.7 Å². The van der Waals surface area contributed by atoms with E-state index in [1.807, 2.05) is 30.3 Å². The molecule has 0 atom stereocenters. The fraction of sp³-hybridized carbons (Fsp3) is 0.182. The Morgan fingerprint density at radius 3 is 2.23 bits per heavy atom. The van der Waals surface area contributed by atoms with E-state index in [1.54, 1.807) is 18.2 Å². The highest BCUT2D eigenvalue weighted by Gasteiger charge is 2.22. The van der Waals surface area contributed by atoms with E-state index in [0.717, 1.165) is 5.56 Å². The second-order valence-corrected chi connectivity index (χ2v) is 8.82. The summed E-state index contributed by atoms with van der Waals surface area (Å²) in [6.07, 6.45) is 0. The fourth-order valence-corrected chi connectivity index (χ4v) is 4.09. The lowest BCUT2D eigenvalue weighted by Crippen LogP contribution is -2.26.